The van der Waals surface area contributed by atoms with Crippen LogP contribution >= 0.6 is 0 Å². The molecular formula is C6H10BaO7. The Kier molecular flexibility index (Phi) is 7.52. The van der Waals surface area contributed by atoms with E-state index in [4.69, 9.17) is 20.4 Å². The van der Waals surface area contributed by atoms with Crippen molar-refractivity contribution >= 4 is 66.8 Å². The van der Waals surface area contributed by atoms with E-state index in [2.05, 4.69) is 0 Å². The van der Waals surface area contributed by atoms with Crippen molar-refractivity contribution in [2.75, 3.05) is 0 Å². The monoisotopic (exact) mass is 332 g/mol. The Labute approximate surface area is 119 Å². The van der Waals surface area contributed by atoms with Crippen LogP contribution in [0, 0.1) is 0 Å². The van der Waals surface area contributed by atoms with Crippen LogP contribution in [0.4, 0.5) is 0 Å². The van der Waals surface area contributed by atoms with Gasteiger partial charge in [0.25, 0.3) is 0 Å². The van der Waals surface area contributed by atoms with Crippen molar-refractivity contribution in [2.45, 2.75) is 18.4 Å². The van der Waals surface area contributed by atoms with Gasteiger partial charge >= 0.3 is 66.8 Å². The minimum atomic E-state index is -2.74. The van der Waals surface area contributed by atoms with Crippen molar-refractivity contribution in [2.24, 2.45) is 0 Å². The van der Waals surface area contributed by atoms with Crippen LogP contribution < -0.4 is 0 Å². The molecule has 0 fully saturated rings. The summed E-state index contributed by atoms with van der Waals surface area (Å²) in [5, 5.41) is 33.8. The molecule has 0 aromatic carbocycles. The van der Waals surface area contributed by atoms with Gasteiger partial charge in [0, 0.05) is 0 Å². The summed E-state index contributed by atoms with van der Waals surface area (Å²) in [6.45, 7) is 0. The molecule has 0 aliphatic heterocycles. The SMILES string of the molecule is O=C(O)CC(O)(CC(=O)O)C(=O)O.[BaH2]. The van der Waals surface area contributed by atoms with Crippen LogP contribution in [0.5, 0.6) is 0 Å². The number of carboxylic acid groups (broad SMARTS) is 3. The topological polar surface area (TPSA) is 132 Å². The summed E-state index contributed by atoms with van der Waals surface area (Å²) in [7, 11) is 0. The van der Waals surface area contributed by atoms with Gasteiger partial charge in [-0.3, -0.25) is 9.59 Å². The number of carboxylic acids is 3. The van der Waals surface area contributed by atoms with Gasteiger partial charge in [0.15, 0.2) is 5.60 Å². The summed E-state index contributed by atoms with van der Waals surface area (Å²) < 4.78 is 0. The molecule has 14 heavy (non-hydrogen) atoms. The van der Waals surface area contributed by atoms with E-state index >= 15 is 0 Å². The van der Waals surface area contributed by atoms with E-state index in [1.54, 1.807) is 0 Å². The minimum absolute atomic E-state index is 0. The summed E-state index contributed by atoms with van der Waals surface area (Å²) in [6.07, 6.45) is -2.29. The second-order valence-electron chi connectivity index (χ2n) is 2.48. The molecule has 0 atom stereocenters. The molecule has 4 N–H and O–H groups in total. The normalized spacial score (nSPS) is 10.1. The van der Waals surface area contributed by atoms with Crippen LogP contribution in [0.1, 0.15) is 12.8 Å². The number of aliphatic carboxylic acids is 3. The summed E-state index contributed by atoms with van der Waals surface area (Å²) in [6, 6.07) is 0. The second-order valence-corrected chi connectivity index (χ2v) is 2.48. The maximum absolute atomic E-state index is 10.3. The molecule has 0 spiro atoms. The van der Waals surface area contributed by atoms with Gasteiger partial charge in [-0.05, 0) is 0 Å². The standard InChI is InChI=1S/C6H8O7.Ba.2H/c7-3(8)1-6(13,5(11)12)2-4(9)10;;;/h13H,1-2H2,(H,7,8)(H,9,10)(H,11,12);;;. The number of hydrogen-bond donors (Lipinski definition) is 4. The molecule has 0 aliphatic carbocycles. The molecule has 0 heterocycles. The first-order valence-electron chi connectivity index (χ1n) is 3.17. The van der Waals surface area contributed by atoms with Gasteiger partial charge in [-0.15, -0.1) is 0 Å². The van der Waals surface area contributed by atoms with Gasteiger partial charge < -0.3 is 20.4 Å². The molecule has 78 valence electrons. The van der Waals surface area contributed by atoms with E-state index in [0.717, 1.165) is 0 Å². The molecule has 0 amide bonds. The molecular weight excluding hydrogens is 321 g/mol. The van der Waals surface area contributed by atoms with Gasteiger partial charge in [0.1, 0.15) is 0 Å². The van der Waals surface area contributed by atoms with Crippen LogP contribution in [-0.2, 0) is 14.4 Å². The first kappa shape index (κ1) is 16.4. The van der Waals surface area contributed by atoms with Gasteiger partial charge in [-0.1, -0.05) is 0 Å². The molecule has 0 rings (SSSR count). The van der Waals surface area contributed by atoms with E-state index in [1.807, 2.05) is 0 Å². The second kappa shape index (κ2) is 6.43. The van der Waals surface area contributed by atoms with E-state index in [9.17, 15) is 14.4 Å². The predicted octanol–water partition coefficient (Wildman–Crippen LogP) is -2.16. The fourth-order valence-corrected chi connectivity index (χ4v) is 0.714. The first-order chi connectivity index (χ1) is 5.78. The van der Waals surface area contributed by atoms with Gasteiger partial charge in [-0.2, -0.15) is 0 Å². The molecule has 0 saturated heterocycles. The van der Waals surface area contributed by atoms with Gasteiger partial charge in [0.05, 0.1) is 12.8 Å². The third-order valence-corrected chi connectivity index (χ3v) is 1.29. The Morgan fingerprint density at radius 3 is 1.36 bits per heavy atom. The van der Waals surface area contributed by atoms with Crippen molar-refractivity contribution < 1.29 is 34.8 Å². The third-order valence-electron chi connectivity index (χ3n) is 1.29. The average Bonchev–Trinajstić information content (AvgIpc) is 1.82. The van der Waals surface area contributed by atoms with Crippen LogP contribution in [-0.4, -0.2) is 92.8 Å². The number of hydrogen-bond acceptors (Lipinski definition) is 4. The molecule has 0 bridgehead atoms. The van der Waals surface area contributed by atoms with Crippen LogP contribution in [0.25, 0.3) is 0 Å². The van der Waals surface area contributed by atoms with Crippen LogP contribution in [0.3, 0.4) is 0 Å². The van der Waals surface area contributed by atoms with Crippen LogP contribution in [0.2, 0.25) is 0 Å². The molecule has 0 radical (unpaired) electrons. The Morgan fingerprint density at radius 2 is 1.21 bits per heavy atom. The Bertz CT molecular complexity index is 233. The Morgan fingerprint density at radius 1 is 0.929 bits per heavy atom. The molecule has 0 aromatic heterocycles. The first-order valence-corrected chi connectivity index (χ1v) is 3.17. The zero-order valence-corrected chi connectivity index (χ0v) is 6.43. The van der Waals surface area contributed by atoms with Crippen molar-refractivity contribution in [1.29, 1.82) is 0 Å². The summed E-state index contributed by atoms with van der Waals surface area (Å²) >= 11 is 0. The van der Waals surface area contributed by atoms with Crippen LogP contribution in [0.15, 0.2) is 0 Å². The summed E-state index contributed by atoms with van der Waals surface area (Å²) in [5.74, 6) is -5.02. The molecule has 0 unspecified atom stereocenters. The fourth-order valence-electron chi connectivity index (χ4n) is 0.714. The van der Waals surface area contributed by atoms with E-state index in [-0.39, 0.29) is 48.9 Å². The van der Waals surface area contributed by atoms with Gasteiger partial charge in [0.2, 0.25) is 0 Å². The zero-order valence-electron chi connectivity index (χ0n) is 6.43. The number of carbonyl (C=O) groups is 3. The average molecular weight is 331 g/mol. The van der Waals surface area contributed by atoms with E-state index in [1.165, 1.54) is 0 Å². The Balaban J connectivity index is 0. The van der Waals surface area contributed by atoms with Crippen molar-refractivity contribution in [1.82, 2.24) is 0 Å². The number of rotatable bonds is 5. The molecule has 0 aromatic rings. The molecule has 7 nitrogen and oxygen atoms in total. The fraction of sp³-hybridized carbons (Fsp3) is 0.500. The number of aliphatic hydroxyl groups is 1. The van der Waals surface area contributed by atoms with Gasteiger partial charge in [-0.25, -0.2) is 4.79 Å². The summed E-state index contributed by atoms with van der Waals surface area (Å²) in [4.78, 5) is 30.5. The van der Waals surface area contributed by atoms with Crippen molar-refractivity contribution in [3.63, 3.8) is 0 Å². The van der Waals surface area contributed by atoms with E-state index in [0.29, 0.717) is 0 Å². The van der Waals surface area contributed by atoms with Crippen molar-refractivity contribution in [3.05, 3.63) is 0 Å². The molecule has 8 heteroatoms. The summed E-state index contributed by atoms with van der Waals surface area (Å²) in [5.41, 5.74) is -2.74. The van der Waals surface area contributed by atoms with E-state index < -0.39 is 36.4 Å². The molecule has 0 saturated carbocycles. The molecule has 0 aliphatic rings. The maximum atomic E-state index is 10.3. The zero-order chi connectivity index (χ0) is 10.6. The predicted molar refractivity (Wildman–Crippen MR) is 45.6 cm³/mol. The quantitative estimate of drug-likeness (QED) is 0.422. The van der Waals surface area contributed by atoms with Crippen molar-refractivity contribution in [3.8, 4) is 0 Å². The third kappa shape index (κ3) is 5.63. The Hall–Kier alpha value is -0.0586.